The van der Waals surface area contributed by atoms with E-state index in [1.807, 2.05) is 0 Å². The number of benzene rings is 1. The van der Waals surface area contributed by atoms with Crippen molar-refractivity contribution in [2.24, 2.45) is 0 Å². The van der Waals surface area contributed by atoms with E-state index in [0.29, 0.717) is 4.90 Å². The van der Waals surface area contributed by atoms with Gasteiger partial charge < -0.3 is 18.9 Å². The quantitative estimate of drug-likeness (QED) is 0.327. The second-order valence-electron chi connectivity index (χ2n) is 5.55. The van der Waals surface area contributed by atoms with Crippen LogP contribution in [0.1, 0.15) is 27.6 Å². The van der Waals surface area contributed by atoms with E-state index in [4.69, 9.17) is 14.2 Å². The summed E-state index contributed by atoms with van der Waals surface area (Å²) in [5.41, 5.74) is 0.0480. The molecule has 0 unspecified atom stereocenters. The van der Waals surface area contributed by atoms with E-state index >= 15 is 0 Å². The van der Waals surface area contributed by atoms with Gasteiger partial charge in [-0.3, -0.25) is 9.59 Å². The Labute approximate surface area is 153 Å². The number of cyclic esters (lactones) is 1. The molecule has 0 bridgehead atoms. The van der Waals surface area contributed by atoms with Gasteiger partial charge in [0.15, 0.2) is 11.5 Å². The van der Waals surface area contributed by atoms with Crippen molar-refractivity contribution in [2.45, 2.75) is 13.2 Å². The summed E-state index contributed by atoms with van der Waals surface area (Å²) in [5.74, 6) is -2.90. The molecule has 0 fully saturated rings. The van der Waals surface area contributed by atoms with E-state index in [9.17, 15) is 19.2 Å². The number of ether oxygens (including phenoxy) is 4. The second-order valence-corrected chi connectivity index (χ2v) is 5.55. The zero-order valence-electron chi connectivity index (χ0n) is 14.7. The Kier molecular flexibility index (Phi) is 4.68. The Balaban J connectivity index is 1.94. The molecule has 0 saturated carbocycles. The van der Waals surface area contributed by atoms with Crippen molar-refractivity contribution in [2.75, 3.05) is 14.2 Å². The van der Waals surface area contributed by atoms with E-state index in [2.05, 4.69) is 4.74 Å². The molecule has 9 nitrogen and oxygen atoms in total. The number of fused-ring (bicyclic) bond motifs is 1. The van der Waals surface area contributed by atoms with Gasteiger partial charge in [0, 0.05) is 0 Å². The lowest BCUT2D eigenvalue weighted by atomic mass is 10.1. The van der Waals surface area contributed by atoms with Gasteiger partial charge in [0.2, 0.25) is 0 Å². The van der Waals surface area contributed by atoms with Gasteiger partial charge in [0.05, 0.1) is 30.9 Å². The summed E-state index contributed by atoms with van der Waals surface area (Å²) >= 11 is 0. The van der Waals surface area contributed by atoms with Gasteiger partial charge in [-0.15, -0.1) is 0 Å². The van der Waals surface area contributed by atoms with Crippen molar-refractivity contribution >= 4 is 23.8 Å². The van der Waals surface area contributed by atoms with Crippen molar-refractivity contribution in [3.63, 3.8) is 0 Å². The molecule has 0 N–H and O–H groups in total. The molecule has 0 radical (unpaired) electrons. The molecule has 9 heteroatoms. The molecule has 2 amide bonds. The van der Waals surface area contributed by atoms with Crippen LogP contribution < -0.4 is 0 Å². The number of nitrogens with zero attached hydrogens (tertiary/aromatic N) is 1. The normalized spacial score (nSPS) is 19.2. The number of esters is 2. The number of methoxy groups -OCH3 is 2. The van der Waals surface area contributed by atoms with Gasteiger partial charge in [-0.2, -0.15) is 0 Å². The number of rotatable bonds is 5. The summed E-state index contributed by atoms with van der Waals surface area (Å²) < 4.78 is 20.0. The lowest BCUT2D eigenvalue weighted by molar-refractivity contribution is -0.156. The van der Waals surface area contributed by atoms with Crippen molar-refractivity contribution in [3.8, 4) is 0 Å². The van der Waals surface area contributed by atoms with Crippen molar-refractivity contribution in [1.29, 1.82) is 0 Å². The van der Waals surface area contributed by atoms with Crippen LogP contribution in [0.2, 0.25) is 0 Å². The number of amides is 2. The summed E-state index contributed by atoms with van der Waals surface area (Å²) in [5, 5.41) is 0. The predicted octanol–water partition coefficient (Wildman–Crippen LogP) is 1.12. The topological polar surface area (TPSA) is 108 Å². The minimum Gasteiger partial charge on any atom is -0.493 e. The fraction of sp³-hybridized carbons (Fsp3) is 0.222. The molecular weight excluding hydrogens is 358 g/mol. The van der Waals surface area contributed by atoms with Crippen molar-refractivity contribution in [1.82, 2.24) is 4.90 Å². The first-order valence-corrected chi connectivity index (χ1v) is 7.78. The third-order valence-corrected chi connectivity index (χ3v) is 4.06. The Morgan fingerprint density at radius 1 is 1.11 bits per heavy atom. The minimum atomic E-state index is -1.25. The molecule has 1 aromatic rings. The van der Waals surface area contributed by atoms with Gasteiger partial charge in [-0.1, -0.05) is 12.1 Å². The standard InChI is InChI=1S/C18H15NO8/c1-9-13(24-2)18(27-16(9)22)26-8-12(17(23)25-3)19-14(20)10-6-4-5-7-11(10)15(19)21/h4-8,18H,1-3H3/b12-8-/t18-/m1/s1. The SMILES string of the molecule is COC(=O)/C(=C/O[C@@H]1OC(=O)C(C)=C1OC)N1C(=O)c2ccccc2C1=O. The fourth-order valence-electron chi connectivity index (χ4n) is 2.69. The van der Waals surface area contributed by atoms with Crippen LogP contribution in [-0.4, -0.2) is 49.2 Å². The van der Waals surface area contributed by atoms with E-state index in [1.54, 1.807) is 12.1 Å². The van der Waals surface area contributed by atoms with Crippen LogP contribution in [0.5, 0.6) is 0 Å². The molecule has 27 heavy (non-hydrogen) atoms. The smallest absolute Gasteiger partial charge is 0.358 e. The largest absolute Gasteiger partial charge is 0.493 e. The lowest BCUT2D eigenvalue weighted by Crippen LogP contribution is -2.34. The zero-order chi connectivity index (χ0) is 19.7. The first-order chi connectivity index (χ1) is 12.9. The Morgan fingerprint density at radius 3 is 2.22 bits per heavy atom. The van der Waals surface area contributed by atoms with Gasteiger partial charge in [-0.25, -0.2) is 14.5 Å². The Bertz CT molecular complexity index is 879. The summed E-state index contributed by atoms with van der Waals surface area (Å²) in [4.78, 5) is 49.6. The van der Waals surface area contributed by atoms with E-state index in [-0.39, 0.29) is 22.5 Å². The van der Waals surface area contributed by atoms with Crippen molar-refractivity contribution in [3.05, 3.63) is 58.7 Å². The molecule has 0 saturated heterocycles. The first-order valence-electron chi connectivity index (χ1n) is 7.78. The van der Waals surface area contributed by atoms with Gasteiger partial charge in [-0.05, 0) is 19.1 Å². The first kappa shape index (κ1) is 18.2. The van der Waals surface area contributed by atoms with E-state index in [1.165, 1.54) is 26.2 Å². The third kappa shape index (κ3) is 2.92. The average molecular weight is 373 g/mol. The molecule has 140 valence electrons. The second kappa shape index (κ2) is 6.94. The summed E-state index contributed by atoms with van der Waals surface area (Å²) in [7, 11) is 2.42. The molecule has 3 rings (SSSR count). The van der Waals surface area contributed by atoms with E-state index in [0.717, 1.165) is 13.4 Å². The molecule has 2 aliphatic heterocycles. The molecule has 2 heterocycles. The van der Waals surface area contributed by atoms with Gasteiger partial charge >= 0.3 is 18.2 Å². The zero-order valence-corrected chi connectivity index (χ0v) is 14.7. The molecule has 2 aliphatic rings. The fourth-order valence-corrected chi connectivity index (χ4v) is 2.69. The van der Waals surface area contributed by atoms with Crippen LogP contribution in [0.4, 0.5) is 0 Å². The molecule has 1 atom stereocenters. The van der Waals surface area contributed by atoms with Crippen molar-refractivity contribution < 1.29 is 38.1 Å². The average Bonchev–Trinajstić information content (AvgIpc) is 3.09. The van der Waals surface area contributed by atoms with E-state index < -0.39 is 35.7 Å². The lowest BCUT2D eigenvalue weighted by Gasteiger charge is -2.18. The predicted molar refractivity (Wildman–Crippen MR) is 87.7 cm³/mol. The molecule has 0 aliphatic carbocycles. The van der Waals surface area contributed by atoms with Crippen LogP contribution in [0, 0.1) is 0 Å². The number of imide groups is 1. The highest BCUT2D eigenvalue weighted by Gasteiger charge is 2.41. The monoisotopic (exact) mass is 373 g/mol. The maximum absolute atomic E-state index is 12.6. The van der Waals surface area contributed by atoms with Crippen LogP contribution >= 0.6 is 0 Å². The molecule has 0 aromatic heterocycles. The minimum absolute atomic E-state index is 0.114. The Hall–Kier alpha value is -3.62. The van der Waals surface area contributed by atoms with Crippen LogP contribution in [0.15, 0.2) is 47.6 Å². The Morgan fingerprint density at radius 2 is 1.70 bits per heavy atom. The third-order valence-electron chi connectivity index (χ3n) is 4.06. The number of hydrogen-bond acceptors (Lipinski definition) is 8. The summed E-state index contributed by atoms with van der Waals surface area (Å²) in [6.45, 7) is 1.49. The number of carbonyl (C=O) groups is 4. The maximum Gasteiger partial charge on any atom is 0.358 e. The highest BCUT2D eigenvalue weighted by Crippen LogP contribution is 2.28. The summed E-state index contributed by atoms with van der Waals surface area (Å²) in [6.07, 6.45) is -0.416. The maximum atomic E-state index is 12.6. The number of hydrogen-bond donors (Lipinski definition) is 0. The summed E-state index contributed by atoms with van der Waals surface area (Å²) in [6, 6.07) is 6.14. The highest BCUT2D eigenvalue weighted by atomic mass is 16.7. The molecular formula is C18H15NO8. The highest BCUT2D eigenvalue weighted by molar-refractivity contribution is 6.24. The number of carbonyl (C=O) groups excluding carboxylic acids is 4. The van der Waals surface area contributed by atoms with Gasteiger partial charge in [0.25, 0.3) is 11.8 Å². The molecule has 1 aromatic carbocycles. The van der Waals surface area contributed by atoms with Crippen LogP contribution in [0.3, 0.4) is 0 Å². The van der Waals surface area contributed by atoms with Crippen LogP contribution in [-0.2, 0) is 28.5 Å². The molecule has 0 spiro atoms. The van der Waals surface area contributed by atoms with Crippen LogP contribution in [0.25, 0.3) is 0 Å². The van der Waals surface area contributed by atoms with Gasteiger partial charge in [0.1, 0.15) is 6.26 Å².